The van der Waals surface area contributed by atoms with Crippen LogP contribution in [0.25, 0.3) is 88.5 Å². The van der Waals surface area contributed by atoms with E-state index in [4.69, 9.17) is 10.5 Å². The Morgan fingerprint density at radius 3 is 1.89 bits per heavy atom. The SMILES string of the molecule is CSc1ncnc2c(N)c(C)ccc12.CSc1ncnc2c(Nc3ncccc3-c3ncnc4c3ncn4C3CCCCO3)c(C)ccc12.Cc1c(Br)cc2c(=O)[nH]cnc2c1[N+](=O)[O-].Cc1ccc2c(Nc3cccc(C(F)(F)F)c3)ncnc2c1Nc1ncccc1-c1ncnc2nc[nH]c12. The molecule has 103 heavy (non-hydrogen) atoms. The van der Waals surface area contributed by atoms with E-state index in [1.807, 2.05) is 73.4 Å². The van der Waals surface area contributed by atoms with Gasteiger partial charge >= 0.3 is 6.18 Å². The van der Waals surface area contributed by atoms with Gasteiger partial charge in [-0.15, -0.1) is 23.5 Å². The standard InChI is InChI=1S/C26H18F3N9.C25H24N8OS.C10H11N3S.C9H6BrN3O3/c1-14-7-8-18-20(31-11-34-24(18)37-16-5-2-4-15(10-16)26(27,28)29)19(14)38-23-17(6-3-9-30-23)21-22-25(35-12-32-21)36-13-33-22;1-15-8-9-17-21(28-13-30-25(17)35-2)19(15)32-23-16(6-5-10-26-23)20-22-24(29-12-27-20)33(14-31-22)18-7-3-4-11-34-18;1-6-3-4-7-9(8(6)11)12-5-13-10(7)14-2;1-4-6(10)2-5-7(8(4)13(15)16)11-3-12-9(5)14/h2-13H,1H3,(H,30,38)(H,31,34,37)(H,32,33,35,36);5-6,8-10,12-14,18H,3-4,7,11H2,1-2H3,(H,26,32);3-5H,11H2,1-2H3;2-3H,1H3,(H,11,12,14). The molecule has 0 saturated carbocycles. The number of nitrogens with zero attached hydrogens (tertiary/aromatic N) is 17. The number of alkyl halides is 3. The zero-order chi connectivity index (χ0) is 72.1. The fraction of sp³-hybridized carbons (Fsp3) is 0.171. The van der Waals surface area contributed by atoms with Crippen molar-refractivity contribution in [2.75, 3.05) is 40.8 Å². The number of H-pyrrole nitrogens is 2. The molecule has 5 aromatic carbocycles. The summed E-state index contributed by atoms with van der Waals surface area (Å²) in [5, 5.41) is 25.6. The maximum Gasteiger partial charge on any atom is 0.416 e. The van der Waals surface area contributed by atoms with E-state index < -0.39 is 22.2 Å². The zero-order valence-electron chi connectivity index (χ0n) is 55.5. The Kier molecular flexibility index (Phi) is 20.4. The highest BCUT2D eigenvalue weighted by molar-refractivity contribution is 9.10. The van der Waals surface area contributed by atoms with Crippen molar-refractivity contribution in [2.24, 2.45) is 0 Å². The number of thioether (sulfide) groups is 2. The number of fused-ring (bicyclic) bond motifs is 6. The first kappa shape index (κ1) is 69.7. The van der Waals surface area contributed by atoms with Crippen molar-refractivity contribution in [1.29, 1.82) is 0 Å². The van der Waals surface area contributed by atoms with Crippen molar-refractivity contribution in [2.45, 2.75) is 69.4 Å². The van der Waals surface area contributed by atoms with E-state index in [1.165, 1.54) is 24.8 Å². The van der Waals surface area contributed by atoms with Gasteiger partial charge in [-0.2, -0.15) is 13.2 Å². The Labute approximate surface area is 599 Å². The molecule has 0 radical (unpaired) electrons. The van der Waals surface area contributed by atoms with Crippen LogP contribution in [0.4, 0.5) is 59.1 Å². The number of nitrogens with two attached hydrogens (primary N) is 1. The van der Waals surface area contributed by atoms with Crippen molar-refractivity contribution < 1.29 is 22.8 Å². The summed E-state index contributed by atoms with van der Waals surface area (Å²) >= 11 is 6.39. The number of hydrogen-bond donors (Lipinski definition) is 6. The van der Waals surface area contributed by atoms with Crippen LogP contribution in [0, 0.1) is 37.8 Å². The number of pyridine rings is 2. The van der Waals surface area contributed by atoms with Crippen molar-refractivity contribution in [3.8, 4) is 22.5 Å². The smallest absolute Gasteiger partial charge is 0.397 e. The summed E-state index contributed by atoms with van der Waals surface area (Å²) in [6.07, 6.45) is 18.2. The molecule has 518 valence electrons. The maximum absolute atomic E-state index is 13.2. The Bertz CT molecular complexity index is 5790. The molecule has 11 heterocycles. The van der Waals surface area contributed by atoms with Crippen LogP contribution in [0.5, 0.6) is 0 Å². The number of nitrogens with one attached hydrogen (secondary N) is 5. The molecule has 0 bridgehead atoms. The Morgan fingerprint density at radius 2 is 1.22 bits per heavy atom. The summed E-state index contributed by atoms with van der Waals surface area (Å²) in [4.78, 5) is 93.2. The number of aromatic amines is 2. The van der Waals surface area contributed by atoms with Crippen LogP contribution in [0.2, 0.25) is 0 Å². The monoisotopic (exact) mass is 1490 g/mol. The third-order valence-electron chi connectivity index (χ3n) is 16.8. The molecule has 1 fully saturated rings. The molecule has 7 N–H and O–H groups in total. The third kappa shape index (κ3) is 14.5. The van der Waals surface area contributed by atoms with E-state index in [9.17, 15) is 28.1 Å². The molecule has 15 aromatic rings. The molecule has 1 unspecified atom stereocenters. The van der Waals surface area contributed by atoms with E-state index in [1.54, 1.807) is 86.6 Å². The minimum absolute atomic E-state index is 0.0494. The first-order valence-electron chi connectivity index (χ1n) is 31.6. The number of benzene rings is 5. The molecular weight excluding hydrogens is 1430 g/mol. The molecule has 10 aromatic heterocycles. The summed E-state index contributed by atoms with van der Waals surface area (Å²) in [6, 6.07) is 25.9. The number of nitrogen functional groups attached to an aromatic ring is 1. The fourth-order valence-corrected chi connectivity index (χ4v) is 13.1. The van der Waals surface area contributed by atoms with Gasteiger partial charge < -0.3 is 36.4 Å². The average molecular weight is 1490 g/mol. The summed E-state index contributed by atoms with van der Waals surface area (Å²) < 4.78 is 48.1. The maximum atomic E-state index is 13.2. The van der Waals surface area contributed by atoms with Crippen LogP contribution in [0.1, 0.15) is 53.3 Å². The molecule has 0 aliphatic carbocycles. The van der Waals surface area contributed by atoms with Gasteiger partial charge in [0.05, 0.1) is 68.5 Å². The minimum atomic E-state index is -4.45. The highest BCUT2D eigenvalue weighted by Gasteiger charge is 2.31. The van der Waals surface area contributed by atoms with E-state index in [2.05, 4.69) is 136 Å². The quantitative estimate of drug-likeness (QED) is 0.0217. The van der Waals surface area contributed by atoms with Crippen molar-refractivity contribution in [3.63, 3.8) is 0 Å². The molecule has 0 spiro atoms. The van der Waals surface area contributed by atoms with Crippen molar-refractivity contribution in [1.82, 2.24) is 89.3 Å². The van der Waals surface area contributed by atoms with Gasteiger partial charge in [-0.25, -0.2) is 74.8 Å². The van der Waals surface area contributed by atoms with E-state index in [0.29, 0.717) is 60.9 Å². The van der Waals surface area contributed by atoms with Crippen LogP contribution < -0.4 is 27.2 Å². The predicted octanol–water partition coefficient (Wildman–Crippen LogP) is 15.6. The van der Waals surface area contributed by atoms with E-state index in [-0.39, 0.29) is 28.5 Å². The lowest BCUT2D eigenvalue weighted by Gasteiger charge is -2.23. The number of imidazole rings is 2. The van der Waals surface area contributed by atoms with Crippen LogP contribution >= 0.6 is 39.5 Å². The Morgan fingerprint density at radius 1 is 0.612 bits per heavy atom. The van der Waals surface area contributed by atoms with Crippen molar-refractivity contribution >= 4 is 151 Å². The lowest BCUT2D eigenvalue weighted by molar-refractivity contribution is -0.383. The molecule has 1 atom stereocenters. The zero-order valence-corrected chi connectivity index (χ0v) is 58.7. The second-order valence-electron chi connectivity index (χ2n) is 23.1. The van der Waals surface area contributed by atoms with Gasteiger partial charge in [0.2, 0.25) is 0 Å². The first-order valence-corrected chi connectivity index (χ1v) is 34.8. The highest BCUT2D eigenvalue weighted by Crippen LogP contribution is 2.40. The molecule has 1 aliphatic rings. The second-order valence-corrected chi connectivity index (χ2v) is 25.6. The number of hydrogen-bond acceptors (Lipinski definition) is 25. The Balaban J connectivity index is 0.000000133. The van der Waals surface area contributed by atoms with E-state index in [0.717, 1.165) is 132 Å². The molecule has 33 heteroatoms. The largest absolute Gasteiger partial charge is 0.416 e. The molecular formula is C70H59BrF3N23O4S2. The molecule has 1 aliphatic heterocycles. The molecule has 1 saturated heterocycles. The third-order valence-corrected chi connectivity index (χ3v) is 19.0. The van der Waals surface area contributed by atoms with Crippen molar-refractivity contribution in [3.05, 3.63) is 207 Å². The lowest BCUT2D eigenvalue weighted by atomic mass is 10.1. The Hall–Kier alpha value is -11.8. The van der Waals surface area contributed by atoms with Gasteiger partial charge in [0, 0.05) is 62.0 Å². The lowest BCUT2D eigenvalue weighted by Crippen LogP contribution is -2.17. The van der Waals surface area contributed by atoms with Crippen LogP contribution in [-0.2, 0) is 10.9 Å². The van der Waals surface area contributed by atoms with Gasteiger partial charge in [0.15, 0.2) is 16.8 Å². The summed E-state index contributed by atoms with van der Waals surface area (Å²) in [7, 11) is 0. The first-order chi connectivity index (χ1) is 49.9. The van der Waals surface area contributed by atoms with E-state index >= 15 is 0 Å². The van der Waals surface area contributed by atoms with Gasteiger partial charge in [-0.1, -0.05) is 40.2 Å². The second kappa shape index (κ2) is 30.2. The minimum Gasteiger partial charge on any atom is -0.397 e. The van der Waals surface area contributed by atoms with Crippen LogP contribution in [0.3, 0.4) is 0 Å². The predicted molar refractivity (Wildman–Crippen MR) is 396 cm³/mol. The van der Waals surface area contributed by atoms with Crippen LogP contribution in [0.15, 0.2) is 173 Å². The number of nitro groups is 1. The molecule has 16 rings (SSSR count). The number of anilines is 7. The van der Waals surface area contributed by atoms with Gasteiger partial charge in [-0.05, 0) is 143 Å². The average Bonchev–Trinajstić information content (AvgIpc) is 1.76. The summed E-state index contributed by atoms with van der Waals surface area (Å²) in [6.45, 7) is 8.31. The summed E-state index contributed by atoms with van der Waals surface area (Å²) in [5.41, 5.74) is 18.7. The number of rotatable bonds is 12. The fourth-order valence-electron chi connectivity index (χ4n) is 11.6. The number of aromatic nitrogens is 18. The number of ether oxygens (including phenoxy) is 1. The van der Waals surface area contributed by atoms with Gasteiger partial charge in [0.1, 0.15) is 87.8 Å². The molecule has 27 nitrogen and oxygen atoms in total. The number of aryl methyl sites for hydroxylation is 3. The topological polar surface area (TPSA) is 361 Å². The highest BCUT2D eigenvalue weighted by atomic mass is 79.9. The van der Waals surface area contributed by atoms with Gasteiger partial charge in [-0.3, -0.25) is 19.5 Å². The summed E-state index contributed by atoms with van der Waals surface area (Å²) in [5.74, 6) is 1.58. The van der Waals surface area contributed by atoms with Crippen LogP contribution in [-0.4, -0.2) is 113 Å². The number of nitro benzene ring substituents is 1. The van der Waals surface area contributed by atoms with Gasteiger partial charge in [0.25, 0.3) is 11.2 Å². The number of halogens is 4. The normalized spacial score (nSPS) is 12.9. The molecule has 0 amide bonds.